The maximum absolute atomic E-state index is 3.72. The molecular weight excluding hydrogens is 235 g/mol. The molecule has 2 heteroatoms. The molecule has 0 saturated heterocycles. The van der Waals surface area contributed by atoms with Crippen molar-refractivity contribution in [3.05, 3.63) is 56.7 Å². The first kappa shape index (κ1) is 15.6. The van der Waals surface area contributed by atoms with Crippen LogP contribution in [0, 0.1) is 20.8 Å². The summed E-state index contributed by atoms with van der Waals surface area (Å²) in [6, 6.07) is 9.87. The molecule has 68 valence electrons. The molecule has 1 aromatic rings. The molecule has 1 rings (SSSR count). The van der Waals surface area contributed by atoms with Crippen LogP contribution in [0.4, 0.5) is 0 Å². The third-order valence-corrected chi connectivity index (χ3v) is 1.20. The van der Waals surface area contributed by atoms with Crippen LogP contribution in [0.3, 0.4) is 0 Å². The van der Waals surface area contributed by atoms with E-state index in [4.69, 9.17) is 0 Å². The van der Waals surface area contributed by atoms with Crippen molar-refractivity contribution < 1.29 is 32.7 Å². The number of nitrogens with one attached hydrogen (secondary N) is 1. The Bertz CT molecular complexity index is 173. The summed E-state index contributed by atoms with van der Waals surface area (Å²) in [6.45, 7) is 12.3. The molecule has 0 heterocycles. The van der Waals surface area contributed by atoms with Gasteiger partial charge in [0.15, 0.2) is 0 Å². The summed E-state index contributed by atoms with van der Waals surface area (Å²) in [5.74, 6) is 0. The largest absolute Gasteiger partial charge is 3.00 e. The Morgan fingerprint density at radius 1 is 1.00 bits per heavy atom. The van der Waals surface area contributed by atoms with Crippen molar-refractivity contribution >= 4 is 0 Å². The molecule has 0 bridgehead atoms. The first-order valence-corrected chi connectivity index (χ1v) is 3.97. The van der Waals surface area contributed by atoms with Crippen LogP contribution in [0.15, 0.2) is 30.3 Å². The second-order valence-electron chi connectivity index (χ2n) is 2.24. The van der Waals surface area contributed by atoms with Gasteiger partial charge in [0.1, 0.15) is 0 Å². The first-order valence-electron chi connectivity index (χ1n) is 3.97. The molecule has 0 saturated carbocycles. The fourth-order valence-corrected chi connectivity index (χ4v) is 0.603. The van der Waals surface area contributed by atoms with Crippen molar-refractivity contribution in [2.75, 3.05) is 13.1 Å². The molecule has 1 N–H and O–H groups in total. The van der Waals surface area contributed by atoms with Gasteiger partial charge in [0, 0.05) is 0 Å². The standard InChI is InChI=1S/C7H7.C4H9N.Y/c1-7-5-3-2-4-6-7;1-3-5-4-2;/h2-6H,1H2;5H,1-4H2;/q-1;-2;+3. The van der Waals surface area contributed by atoms with E-state index in [9.17, 15) is 0 Å². The smallest absolute Gasteiger partial charge is 0.376 e. The Balaban J connectivity index is 0. The van der Waals surface area contributed by atoms with Gasteiger partial charge in [0.25, 0.3) is 0 Å². The number of hydrogen-bond acceptors (Lipinski definition) is 1. The maximum atomic E-state index is 3.72. The Kier molecular flexibility index (Phi) is 14.6. The fraction of sp³-hybridized carbons (Fsp3) is 0.182. The van der Waals surface area contributed by atoms with Crippen LogP contribution in [-0.4, -0.2) is 13.1 Å². The molecule has 0 unspecified atom stereocenters. The maximum Gasteiger partial charge on any atom is 3.00 e. The molecule has 0 radical (unpaired) electrons. The van der Waals surface area contributed by atoms with E-state index in [1.165, 1.54) is 0 Å². The van der Waals surface area contributed by atoms with E-state index in [0.29, 0.717) is 0 Å². The van der Waals surface area contributed by atoms with E-state index in [1.807, 2.05) is 30.3 Å². The van der Waals surface area contributed by atoms with E-state index >= 15 is 0 Å². The normalized spacial score (nSPS) is 7.85. The van der Waals surface area contributed by atoms with Crippen LogP contribution in [0.25, 0.3) is 0 Å². The van der Waals surface area contributed by atoms with Crippen molar-refractivity contribution in [2.45, 2.75) is 0 Å². The molecule has 0 aliphatic rings. The van der Waals surface area contributed by atoms with Crippen molar-refractivity contribution in [2.24, 2.45) is 0 Å². The van der Waals surface area contributed by atoms with Gasteiger partial charge in [0.2, 0.25) is 0 Å². The summed E-state index contributed by atoms with van der Waals surface area (Å²) in [5, 5.41) is 2.89. The second-order valence-corrected chi connectivity index (χ2v) is 2.24. The van der Waals surface area contributed by atoms with Gasteiger partial charge >= 0.3 is 32.7 Å². The van der Waals surface area contributed by atoms with E-state index < -0.39 is 0 Å². The first-order chi connectivity index (χ1) is 5.81. The van der Waals surface area contributed by atoms with Gasteiger partial charge in [-0.15, -0.1) is 25.2 Å². The Morgan fingerprint density at radius 3 is 1.62 bits per heavy atom. The van der Waals surface area contributed by atoms with Crippen molar-refractivity contribution in [1.82, 2.24) is 5.32 Å². The summed E-state index contributed by atoms with van der Waals surface area (Å²) in [5.41, 5.74) is 1.07. The van der Waals surface area contributed by atoms with Gasteiger partial charge in [-0.05, 0) is 0 Å². The average Bonchev–Trinajstić information content (AvgIpc) is 2.08. The van der Waals surface area contributed by atoms with Crippen molar-refractivity contribution in [3.63, 3.8) is 0 Å². The molecule has 0 aliphatic heterocycles. The third-order valence-electron chi connectivity index (χ3n) is 1.20. The minimum Gasteiger partial charge on any atom is -0.376 e. The Labute approximate surface area is 107 Å². The molecule has 0 spiro atoms. The monoisotopic (exact) mass is 251 g/mol. The van der Waals surface area contributed by atoms with Gasteiger partial charge in [-0.3, -0.25) is 0 Å². The molecule has 1 aromatic carbocycles. The van der Waals surface area contributed by atoms with Crippen LogP contribution in [-0.2, 0) is 32.7 Å². The predicted molar refractivity (Wildman–Crippen MR) is 54.5 cm³/mol. The minimum atomic E-state index is 0. The summed E-state index contributed by atoms with van der Waals surface area (Å²) in [6.07, 6.45) is 0. The summed E-state index contributed by atoms with van der Waals surface area (Å²) in [7, 11) is 0. The minimum absolute atomic E-state index is 0. The molecule has 0 aromatic heterocycles. The molecule has 0 atom stereocenters. The molecule has 13 heavy (non-hydrogen) atoms. The third kappa shape index (κ3) is 12.2. The molecule has 1 nitrogen and oxygen atoms in total. The molecule has 0 aliphatic carbocycles. The number of hydrogen-bond donors (Lipinski definition) is 1. The van der Waals surface area contributed by atoms with Gasteiger partial charge in [-0.25, -0.2) is 0 Å². The van der Waals surface area contributed by atoms with E-state index in [2.05, 4.69) is 26.1 Å². The summed E-state index contributed by atoms with van der Waals surface area (Å²) >= 11 is 0. The molecular formula is C11H16NY. The van der Waals surface area contributed by atoms with E-state index in [0.717, 1.165) is 18.7 Å². The zero-order valence-corrected chi connectivity index (χ0v) is 10.8. The van der Waals surface area contributed by atoms with Gasteiger partial charge in [-0.2, -0.15) is 24.6 Å². The predicted octanol–water partition coefficient (Wildman–Crippen LogP) is 2.11. The van der Waals surface area contributed by atoms with Gasteiger partial charge < -0.3 is 19.2 Å². The van der Waals surface area contributed by atoms with Crippen LogP contribution >= 0.6 is 0 Å². The van der Waals surface area contributed by atoms with Crippen LogP contribution in [0.2, 0.25) is 0 Å². The van der Waals surface area contributed by atoms with Gasteiger partial charge in [-0.1, -0.05) is 6.07 Å². The van der Waals surface area contributed by atoms with Gasteiger partial charge in [0.05, 0.1) is 0 Å². The van der Waals surface area contributed by atoms with E-state index in [1.54, 1.807) is 0 Å². The van der Waals surface area contributed by atoms with E-state index in [-0.39, 0.29) is 32.7 Å². The van der Waals surface area contributed by atoms with Crippen molar-refractivity contribution in [1.29, 1.82) is 0 Å². The van der Waals surface area contributed by atoms with Crippen LogP contribution in [0.1, 0.15) is 5.56 Å². The topological polar surface area (TPSA) is 12.0 Å². The Hall–Kier alpha value is 0.154. The number of benzene rings is 1. The van der Waals surface area contributed by atoms with Crippen molar-refractivity contribution in [3.8, 4) is 0 Å². The average molecular weight is 251 g/mol. The molecule has 0 amide bonds. The Morgan fingerprint density at radius 2 is 1.46 bits per heavy atom. The fourth-order valence-electron chi connectivity index (χ4n) is 0.603. The second kappa shape index (κ2) is 12.2. The zero-order valence-electron chi connectivity index (χ0n) is 8.00. The zero-order chi connectivity index (χ0) is 9.23. The SMILES string of the molecule is [CH2-]CNC[CH2-].[CH2-]c1ccccc1.[Y+3]. The van der Waals surface area contributed by atoms with Crippen LogP contribution < -0.4 is 5.32 Å². The molecule has 0 fully saturated rings. The van der Waals surface area contributed by atoms with Crippen LogP contribution in [0.5, 0.6) is 0 Å². The summed E-state index contributed by atoms with van der Waals surface area (Å²) in [4.78, 5) is 0. The quantitative estimate of drug-likeness (QED) is 0.794. The number of rotatable bonds is 2. The summed E-state index contributed by atoms with van der Waals surface area (Å²) < 4.78 is 0.